The highest BCUT2D eigenvalue weighted by molar-refractivity contribution is 5.50. The molecule has 1 N–H and O–H groups in total. The van der Waals surface area contributed by atoms with Gasteiger partial charge in [-0.05, 0) is 48.9 Å². The van der Waals surface area contributed by atoms with E-state index in [2.05, 4.69) is 37.1 Å². The first-order valence-electron chi connectivity index (χ1n) is 9.55. The number of methoxy groups -OCH3 is 1. The molecule has 3 atom stereocenters. The van der Waals surface area contributed by atoms with Crippen molar-refractivity contribution >= 4 is 0 Å². The molecule has 142 valence electrons. The lowest BCUT2D eigenvalue weighted by Gasteiger charge is -2.36. The molecule has 5 heteroatoms. The first-order chi connectivity index (χ1) is 12.5. The van der Waals surface area contributed by atoms with Crippen LogP contribution in [0.5, 0.6) is 11.5 Å². The Morgan fingerprint density at radius 1 is 1.27 bits per heavy atom. The number of fused-ring (bicyclic) bond motifs is 2. The molecule has 0 bridgehead atoms. The Morgan fingerprint density at radius 2 is 2.04 bits per heavy atom. The van der Waals surface area contributed by atoms with Gasteiger partial charge in [-0.2, -0.15) is 0 Å². The summed E-state index contributed by atoms with van der Waals surface area (Å²) in [5, 5.41) is 10.8. The van der Waals surface area contributed by atoms with E-state index in [1.54, 1.807) is 7.11 Å². The average Bonchev–Trinajstić information content (AvgIpc) is 3.01. The molecule has 0 amide bonds. The molecular formula is C21H29NO4. The van der Waals surface area contributed by atoms with E-state index in [4.69, 9.17) is 14.2 Å². The van der Waals surface area contributed by atoms with E-state index < -0.39 is 5.79 Å². The highest BCUT2D eigenvalue weighted by Gasteiger charge is 2.42. The minimum absolute atomic E-state index is 0.294. The topological polar surface area (TPSA) is 51.2 Å². The number of hydrogen-bond donors (Lipinski definition) is 1. The Kier molecular flexibility index (Phi) is 4.71. The summed E-state index contributed by atoms with van der Waals surface area (Å²) in [6, 6.07) is 3.96. The van der Waals surface area contributed by atoms with Crippen molar-refractivity contribution in [2.75, 3.05) is 33.9 Å². The highest BCUT2D eigenvalue weighted by atomic mass is 16.7. The smallest absolute Gasteiger partial charge is 0.188 e. The number of phenols is 1. The second-order valence-corrected chi connectivity index (χ2v) is 8.03. The maximum atomic E-state index is 10.8. The van der Waals surface area contributed by atoms with E-state index in [9.17, 15) is 5.11 Å². The number of nitrogens with zero attached hydrogens (tertiary/aromatic N) is 1. The lowest BCUT2D eigenvalue weighted by Crippen LogP contribution is -2.36. The average molecular weight is 359 g/mol. The molecule has 2 heterocycles. The summed E-state index contributed by atoms with van der Waals surface area (Å²) < 4.78 is 17.3. The summed E-state index contributed by atoms with van der Waals surface area (Å²) in [6.45, 7) is 5.43. The minimum Gasteiger partial charge on any atom is -0.504 e. The minimum atomic E-state index is -0.557. The van der Waals surface area contributed by atoms with Crippen LogP contribution in [0.15, 0.2) is 24.3 Å². The maximum absolute atomic E-state index is 10.8. The fraction of sp³-hybridized carbons (Fsp3) is 0.619. The van der Waals surface area contributed by atoms with E-state index in [-0.39, 0.29) is 0 Å². The van der Waals surface area contributed by atoms with Gasteiger partial charge in [-0.1, -0.05) is 19.1 Å². The monoisotopic (exact) mass is 359 g/mol. The number of aromatic hydroxyl groups is 1. The Hall–Kier alpha value is -1.56. The maximum Gasteiger partial charge on any atom is 0.188 e. The first kappa shape index (κ1) is 17.8. The van der Waals surface area contributed by atoms with Gasteiger partial charge in [-0.15, -0.1) is 0 Å². The second kappa shape index (κ2) is 6.87. The van der Waals surface area contributed by atoms with Crippen molar-refractivity contribution in [2.24, 2.45) is 17.8 Å². The van der Waals surface area contributed by atoms with Crippen LogP contribution in [0.2, 0.25) is 0 Å². The fourth-order valence-corrected chi connectivity index (χ4v) is 4.88. The second-order valence-electron chi connectivity index (χ2n) is 8.03. The van der Waals surface area contributed by atoms with Crippen LogP contribution in [0.25, 0.3) is 0 Å². The summed E-state index contributed by atoms with van der Waals surface area (Å²) in [5.41, 5.74) is 2.21. The number of ether oxygens (including phenoxy) is 3. The van der Waals surface area contributed by atoms with Gasteiger partial charge in [-0.3, -0.25) is 0 Å². The molecule has 1 saturated heterocycles. The summed E-state index contributed by atoms with van der Waals surface area (Å²) in [5.74, 6) is 1.52. The molecule has 0 radical (unpaired) electrons. The summed E-state index contributed by atoms with van der Waals surface area (Å²) in [6.07, 6.45) is 6.13. The zero-order chi connectivity index (χ0) is 18.3. The zero-order valence-corrected chi connectivity index (χ0v) is 15.9. The van der Waals surface area contributed by atoms with Crippen LogP contribution in [0.3, 0.4) is 0 Å². The zero-order valence-electron chi connectivity index (χ0n) is 15.9. The number of hydrogen-bond acceptors (Lipinski definition) is 5. The van der Waals surface area contributed by atoms with Crippen molar-refractivity contribution in [3.63, 3.8) is 0 Å². The van der Waals surface area contributed by atoms with E-state index in [1.165, 1.54) is 5.56 Å². The van der Waals surface area contributed by atoms with E-state index in [0.29, 0.717) is 42.5 Å². The highest BCUT2D eigenvalue weighted by Crippen LogP contribution is 2.44. The van der Waals surface area contributed by atoms with Crippen molar-refractivity contribution in [2.45, 2.75) is 32.1 Å². The number of phenolic OH excluding ortho intramolecular Hbond substituents is 1. The van der Waals surface area contributed by atoms with E-state index >= 15 is 0 Å². The third-order valence-corrected chi connectivity index (χ3v) is 6.23. The molecule has 5 nitrogen and oxygen atoms in total. The van der Waals surface area contributed by atoms with Gasteiger partial charge in [0, 0.05) is 25.1 Å². The lowest BCUT2D eigenvalue weighted by molar-refractivity contribution is -0.130. The van der Waals surface area contributed by atoms with Gasteiger partial charge in [0.25, 0.3) is 0 Å². The van der Waals surface area contributed by atoms with Crippen molar-refractivity contribution in [3.8, 4) is 11.5 Å². The SMILES string of the molecule is COc1ccc2c(c1O)CC1C(C)CC3(C=C[C@@H]1CN(C)C2)OCCO3. The lowest BCUT2D eigenvalue weighted by atomic mass is 9.75. The molecule has 1 aromatic rings. The van der Waals surface area contributed by atoms with Gasteiger partial charge < -0.3 is 24.2 Å². The van der Waals surface area contributed by atoms with Crippen LogP contribution in [0, 0.1) is 17.8 Å². The van der Waals surface area contributed by atoms with E-state index in [0.717, 1.165) is 31.5 Å². The fourth-order valence-electron chi connectivity index (χ4n) is 4.88. The van der Waals surface area contributed by atoms with Gasteiger partial charge in [0.15, 0.2) is 17.3 Å². The van der Waals surface area contributed by atoms with Crippen LogP contribution in [0.1, 0.15) is 24.5 Å². The summed E-state index contributed by atoms with van der Waals surface area (Å²) >= 11 is 0. The molecule has 0 saturated carbocycles. The van der Waals surface area contributed by atoms with Crippen molar-refractivity contribution < 1.29 is 19.3 Å². The van der Waals surface area contributed by atoms with Crippen molar-refractivity contribution in [1.29, 1.82) is 0 Å². The molecule has 1 fully saturated rings. The standard InChI is InChI=1S/C21H29NO4/c1-14-11-21(25-8-9-26-21)7-6-16-13-22(2)12-15-4-5-19(24-3)20(23)18(15)10-17(14)16/h4-7,14,16-17,23H,8-13H2,1-3H3/t14?,16-,17?/m1/s1. The van der Waals surface area contributed by atoms with Gasteiger partial charge in [-0.25, -0.2) is 0 Å². The molecule has 3 aliphatic rings. The van der Waals surface area contributed by atoms with Gasteiger partial charge in [0.1, 0.15) is 0 Å². The summed E-state index contributed by atoms with van der Waals surface area (Å²) in [4.78, 5) is 2.34. The van der Waals surface area contributed by atoms with Crippen LogP contribution in [0.4, 0.5) is 0 Å². The molecule has 26 heavy (non-hydrogen) atoms. The molecule has 4 rings (SSSR count). The molecule has 2 aliphatic heterocycles. The van der Waals surface area contributed by atoms with Gasteiger partial charge in [0.05, 0.1) is 20.3 Å². The van der Waals surface area contributed by atoms with Crippen LogP contribution in [-0.2, 0) is 22.4 Å². The molecule has 0 aromatic heterocycles. The van der Waals surface area contributed by atoms with Crippen molar-refractivity contribution in [1.82, 2.24) is 4.90 Å². The van der Waals surface area contributed by atoms with E-state index in [1.807, 2.05) is 6.07 Å². The van der Waals surface area contributed by atoms with Crippen LogP contribution < -0.4 is 4.74 Å². The predicted molar refractivity (Wildman–Crippen MR) is 99.2 cm³/mol. The Bertz CT molecular complexity index is 695. The third kappa shape index (κ3) is 3.13. The molecule has 1 spiro atoms. The van der Waals surface area contributed by atoms with Crippen LogP contribution in [-0.4, -0.2) is 49.7 Å². The normalized spacial score (nSPS) is 31.0. The molecule has 2 unspecified atom stereocenters. The van der Waals surface area contributed by atoms with Crippen molar-refractivity contribution in [3.05, 3.63) is 35.4 Å². The molecule has 1 aliphatic carbocycles. The Labute approximate surface area is 155 Å². The number of benzene rings is 1. The first-order valence-corrected chi connectivity index (χ1v) is 9.55. The number of rotatable bonds is 1. The molecule has 1 aromatic carbocycles. The summed E-state index contributed by atoms with van der Waals surface area (Å²) in [7, 11) is 3.75. The third-order valence-electron chi connectivity index (χ3n) is 6.23. The Morgan fingerprint density at radius 3 is 2.77 bits per heavy atom. The van der Waals surface area contributed by atoms with Gasteiger partial charge >= 0.3 is 0 Å². The molecular weight excluding hydrogens is 330 g/mol. The quantitative estimate of drug-likeness (QED) is 0.782. The predicted octanol–water partition coefficient (Wildman–Crippen LogP) is 2.96. The van der Waals surface area contributed by atoms with Crippen LogP contribution >= 0.6 is 0 Å². The van der Waals surface area contributed by atoms with Gasteiger partial charge in [0.2, 0.25) is 0 Å². The largest absolute Gasteiger partial charge is 0.504 e. The Balaban J connectivity index is 1.72.